The number of rotatable bonds is 6. The third kappa shape index (κ3) is 4.15. The first kappa shape index (κ1) is 21.8. The lowest BCUT2D eigenvalue weighted by molar-refractivity contribution is -0.117. The van der Waals surface area contributed by atoms with Gasteiger partial charge in [-0.1, -0.05) is 30.3 Å². The summed E-state index contributed by atoms with van der Waals surface area (Å²) in [4.78, 5) is 32.2. The molecule has 174 valence electrons. The van der Waals surface area contributed by atoms with E-state index < -0.39 is 0 Å². The number of imidazole rings is 1. The fourth-order valence-electron chi connectivity index (χ4n) is 4.69. The number of carbonyl (C=O) groups excluding carboxylic acids is 1. The third-order valence-corrected chi connectivity index (χ3v) is 6.24. The number of ether oxygens (including phenoxy) is 2. The molecular weight excluding hydrogens is 432 g/mol. The first-order valence-electron chi connectivity index (χ1n) is 11.1. The molecule has 0 radical (unpaired) electrons. The second-order valence-electron chi connectivity index (χ2n) is 8.33. The highest BCUT2D eigenvalue weighted by atomic mass is 16.5. The number of H-pyrrole nitrogens is 2. The number of methoxy groups -OCH3 is 2. The summed E-state index contributed by atoms with van der Waals surface area (Å²) in [6.45, 7) is 0.939. The zero-order valence-corrected chi connectivity index (χ0v) is 19.1. The number of amides is 1. The minimum atomic E-state index is -0.275. The number of hydrogen-bond acceptors (Lipinski definition) is 5. The average molecular weight is 459 g/mol. The van der Waals surface area contributed by atoms with Gasteiger partial charge in [-0.25, -0.2) is 4.79 Å². The van der Waals surface area contributed by atoms with Gasteiger partial charge in [0.2, 0.25) is 5.91 Å². The predicted molar refractivity (Wildman–Crippen MR) is 131 cm³/mol. The lowest BCUT2D eigenvalue weighted by Crippen LogP contribution is -2.41. The van der Waals surface area contributed by atoms with E-state index in [9.17, 15) is 9.59 Å². The van der Waals surface area contributed by atoms with Crippen molar-refractivity contribution in [1.82, 2.24) is 14.9 Å². The Kier molecular flexibility index (Phi) is 5.81. The van der Waals surface area contributed by atoms with Crippen molar-refractivity contribution in [2.24, 2.45) is 0 Å². The van der Waals surface area contributed by atoms with Crippen LogP contribution in [0.4, 0.5) is 5.69 Å². The standard InChI is InChI=1S/C26H26N4O4/c1-33-22-12-17-10-11-30(25(16-6-4-3-5-7-16)19(17)14-23(22)34-2)15-24(31)27-18-8-9-20-21(13-18)29-26(32)28-20/h3-9,12-14,25H,10-11,15H2,1-2H3,(H,27,31)(H2,28,29,32)/t25-/m1/s1. The number of nitrogens with one attached hydrogen (secondary N) is 3. The van der Waals surface area contributed by atoms with Gasteiger partial charge in [0.25, 0.3) is 0 Å². The van der Waals surface area contributed by atoms with Gasteiger partial charge in [0.05, 0.1) is 37.8 Å². The van der Waals surface area contributed by atoms with Crippen LogP contribution in [-0.2, 0) is 11.2 Å². The Morgan fingerprint density at radius 2 is 1.74 bits per heavy atom. The lowest BCUT2D eigenvalue weighted by Gasteiger charge is -2.37. The van der Waals surface area contributed by atoms with E-state index in [1.165, 1.54) is 5.56 Å². The quantitative estimate of drug-likeness (QED) is 0.411. The molecule has 4 aromatic rings. The summed E-state index contributed by atoms with van der Waals surface area (Å²) in [6, 6.07) is 19.4. The topological polar surface area (TPSA) is 99.4 Å². The number of aromatic nitrogens is 2. The van der Waals surface area contributed by atoms with Gasteiger partial charge in [-0.2, -0.15) is 0 Å². The lowest BCUT2D eigenvalue weighted by atomic mass is 9.87. The van der Waals surface area contributed by atoms with E-state index in [0.29, 0.717) is 28.2 Å². The molecule has 0 saturated carbocycles. The van der Waals surface area contributed by atoms with Crippen LogP contribution in [0.2, 0.25) is 0 Å². The molecular formula is C26H26N4O4. The first-order chi connectivity index (χ1) is 16.6. The molecule has 0 saturated heterocycles. The minimum absolute atomic E-state index is 0.0981. The summed E-state index contributed by atoms with van der Waals surface area (Å²) >= 11 is 0. The van der Waals surface area contributed by atoms with Crippen molar-refractivity contribution in [2.45, 2.75) is 12.5 Å². The van der Waals surface area contributed by atoms with E-state index in [4.69, 9.17) is 9.47 Å². The van der Waals surface area contributed by atoms with Crippen molar-refractivity contribution >= 4 is 22.6 Å². The molecule has 8 heteroatoms. The zero-order chi connectivity index (χ0) is 23.7. The second-order valence-corrected chi connectivity index (χ2v) is 8.33. The molecule has 1 atom stereocenters. The van der Waals surface area contributed by atoms with Gasteiger partial charge in [0, 0.05) is 12.2 Å². The van der Waals surface area contributed by atoms with Crippen LogP contribution in [0.25, 0.3) is 11.0 Å². The molecule has 0 aliphatic carbocycles. The molecule has 0 fully saturated rings. The summed E-state index contributed by atoms with van der Waals surface area (Å²) in [5, 5.41) is 2.97. The maximum atomic E-state index is 13.1. The van der Waals surface area contributed by atoms with Gasteiger partial charge in [0.1, 0.15) is 0 Å². The van der Waals surface area contributed by atoms with Crippen LogP contribution < -0.4 is 20.5 Å². The van der Waals surface area contributed by atoms with Crippen LogP contribution in [0.3, 0.4) is 0 Å². The van der Waals surface area contributed by atoms with Crippen molar-refractivity contribution in [2.75, 3.05) is 32.6 Å². The largest absolute Gasteiger partial charge is 0.493 e. The molecule has 8 nitrogen and oxygen atoms in total. The number of anilines is 1. The highest BCUT2D eigenvalue weighted by Gasteiger charge is 2.31. The van der Waals surface area contributed by atoms with Gasteiger partial charge in [-0.05, 0) is 53.4 Å². The van der Waals surface area contributed by atoms with Gasteiger partial charge >= 0.3 is 5.69 Å². The monoisotopic (exact) mass is 458 g/mol. The molecule has 3 aromatic carbocycles. The Morgan fingerprint density at radius 1 is 1.00 bits per heavy atom. The number of fused-ring (bicyclic) bond motifs is 2. The Morgan fingerprint density at radius 3 is 2.50 bits per heavy atom. The average Bonchev–Trinajstić information content (AvgIpc) is 3.22. The van der Waals surface area contributed by atoms with Crippen LogP contribution in [0.5, 0.6) is 11.5 Å². The summed E-state index contributed by atoms with van der Waals surface area (Å²) in [5.74, 6) is 1.25. The SMILES string of the molecule is COc1cc2c(cc1OC)[C@@H](c1ccccc1)N(CC(=O)Nc1ccc3[nH]c(=O)[nH]c3c1)CC2. The summed E-state index contributed by atoms with van der Waals surface area (Å²) in [5.41, 5.74) is 5.10. The van der Waals surface area contributed by atoms with Crippen molar-refractivity contribution in [3.63, 3.8) is 0 Å². The molecule has 34 heavy (non-hydrogen) atoms. The van der Waals surface area contributed by atoms with Gasteiger partial charge in [-0.3, -0.25) is 9.69 Å². The molecule has 0 spiro atoms. The molecule has 0 unspecified atom stereocenters. The molecule has 1 amide bonds. The van der Waals surface area contributed by atoms with Gasteiger partial charge in [-0.15, -0.1) is 0 Å². The summed E-state index contributed by atoms with van der Waals surface area (Å²) < 4.78 is 11.1. The van der Waals surface area contributed by atoms with Gasteiger partial charge in [0.15, 0.2) is 11.5 Å². The van der Waals surface area contributed by atoms with Crippen LogP contribution >= 0.6 is 0 Å². The van der Waals surface area contributed by atoms with Crippen LogP contribution in [-0.4, -0.2) is 48.1 Å². The third-order valence-electron chi connectivity index (χ3n) is 6.24. The van der Waals surface area contributed by atoms with Crippen LogP contribution in [0.15, 0.2) is 65.5 Å². The Labute approximate surface area is 196 Å². The summed E-state index contributed by atoms with van der Waals surface area (Å²) in [6.07, 6.45) is 0.794. The number of carbonyl (C=O) groups is 1. The fourth-order valence-corrected chi connectivity index (χ4v) is 4.69. The highest BCUT2D eigenvalue weighted by molar-refractivity contribution is 5.94. The Hall–Kier alpha value is -4.04. The normalized spacial score (nSPS) is 15.6. The van der Waals surface area contributed by atoms with Crippen LogP contribution in [0, 0.1) is 0 Å². The number of nitrogens with zero attached hydrogens (tertiary/aromatic N) is 1. The number of benzene rings is 3. The first-order valence-corrected chi connectivity index (χ1v) is 11.1. The maximum absolute atomic E-state index is 13.1. The fraction of sp³-hybridized carbons (Fsp3) is 0.231. The van der Waals surface area contributed by atoms with E-state index in [1.807, 2.05) is 30.3 Å². The second kappa shape index (κ2) is 9.07. The summed E-state index contributed by atoms with van der Waals surface area (Å²) in [7, 11) is 3.27. The minimum Gasteiger partial charge on any atom is -0.493 e. The number of hydrogen-bond donors (Lipinski definition) is 3. The van der Waals surface area contributed by atoms with E-state index in [0.717, 1.165) is 24.1 Å². The van der Waals surface area contributed by atoms with Gasteiger partial charge < -0.3 is 24.8 Å². The smallest absolute Gasteiger partial charge is 0.323 e. The molecule has 1 aliphatic rings. The number of aromatic amines is 2. The molecule has 3 N–H and O–H groups in total. The highest BCUT2D eigenvalue weighted by Crippen LogP contribution is 2.40. The van der Waals surface area contributed by atoms with Crippen molar-refractivity contribution in [3.05, 3.63) is 87.8 Å². The van der Waals surface area contributed by atoms with E-state index in [2.05, 4.69) is 32.3 Å². The zero-order valence-electron chi connectivity index (χ0n) is 19.1. The molecule has 2 heterocycles. The van der Waals surface area contributed by atoms with E-state index in [-0.39, 0.29) is 24.2 Å². The molecule has 0 bridgehead atoms. The van der Waals surface area contributed by atoms with E-state index in [1.54, 1.807) is 32.4 Å². The van der Waals surface area contributed by atoms with E-state index >= 15 is 0 Å². The van der Waals surface area contributed by atoms with Crippen LogP contribution in [0.1, 0.15) is 22.7 Å². The maximum Gasteiger partial charge on any atom is 0.323 e. The van der Waals surface area contributed by atoms with Crippen molar-refractivity contribution < 1.29 is 14.3 Å². The van der Waals surface area contributed by atoms with Crippen molar-refractivity contribution in [1.29, 1.82) is 0 Å². The van der Waals surface area contributed by atoms with Crippen molar-refractivity contribution in [3.8, 4) is 11.5 Å². The Bertz CT molecular complexity index is 1390. The molecule has 1 aliphatic heterocycles. The molecule has 1 aromatic heterocycles. The predicted octanol–water partition coefficient (Wildman–Crippen LogP) is 3.46. The Balaban J connectivity index is 1.44. The molecule has 5 rings (SSSR count).